The van der Waals surface area contributed by atoms with Crippen molar-refractivity contribution in [3.8, 4) is 5.75 Å². The second-order valence-corrected chi connectivity index (χ2v) is 4.83. The number of rotatable bonds is 4. The molecule has 6 heteroatoms. The third-order valence-electron chi connectivity index (χ3n) is 2.55. The van der Waals surface area contributed by atoms with Gasteiger partial charge in [-0.3, -0.25) is 0 Å². The van der Waals surface area contributed by atoms with E-state index in [2.05, 4.69) is 0 Å². The minimum absolute atomic E-state index is 0.00242. The Morgan fingerprint density at radius 1 is 1.20 bits per heavy atom. The minimum Gasteiger partial charge on any atom is -0.488 e. The lowest BCUT2D eigenvalue weighted by Gasteiger charge is -2.10. The van der Waals surface area contributed by atoms with Crippen molar-refractivity contribution >= 4 is 29.2 Å². The molecule has 0 aliphatic heterocycles. The molecule has 2 aromatic rings. The molecule has 0 unspecified atom stereocenters. The first kappa shape index (κ1) is 14.6. The Hall–Kier alpha value is -1.78. The predicted octanol–water partition coefficient (Wildman–Crippen LogP) is 4.41. The minimum atomic E-state index is -1.12. The Balaban J connectivity index is 2.20. The molecule has 0 radical (unpaired) electrons. The molecular weight excluding hydrogens is 306 g/mol. The Bertz CT molecular complexity index is 659. The molecule has 0 amide bonds. The van der Waals surface area contributed by atoms with Crippen LogP contribution >= 0.6 is 23.2 Å². The highest BCUT2D eigenvalue weighted by molar-refractivity contribution is 6.31. The van der Waals surface area contributed by atoms with Crippen LogP contribution in [0.4, 0.5) is 4.39 Å². The average molecular weight is 315 g/mol. The van der Waals surface area contributed by atoms with Gasteiger partial charge in [0.15, 0.2) is 0 Å². The number of ether oxygens (including phenoxy) is 1. The van der Waals surface area contributed by atoms with Crippen molar-refractivity contribution in [3.63, 3.8) is 0 Å². The zero-order valence-electron chi connectivity index (χ0n) is 10.1. The summed E-state index contributed by atoms with van der Waals surface area (Å²) in [6.45, 7) is 0.0562. The summed E-state index contributed by atoms with van der Waals surface area (Å²) in [5.74, 6) is -1.50. The molecule has 2 rings (SSSR count). The molecule has 2 aromatic carbocycles. The summed E-state index contributed by atoms with van der Waals surface area (Å²) < 4.78 is 18.4. The topological polar surface area (TPSA) is 46.5 Å². The summed E-state index contributed by atoms with van der Waals surface area (Å²) in [6, 6.07) is 8.38. The van der Waals surface area contributed by atoms with Gasteiger partial charge in [0.05, 0.1) is 5.02 Å². The van der Waals surface area contributed by atoms with E-state index < -0.39 is 11.8 Å². The second kappa shape index (κ2) is 6.11. The van der Waals surface area contributed by atoms with Gasteiger partial charge in [0.25, 0.3) is 0 Å². The first-order chi connectivity index (χ1) is 9.47. The van der Waals surface area contributed by atoms with Crippen LogP contribution in [0.5, 0.6) is 5.75 Å². The van der Waals surface area contributed by atoms with Crippen LogP contribution < -0.4 is 4.74 Å². The third kappa shape index (κ3) is 3.40. The number of hydrogen-bond acceptors (Lipinski definition) is 2. The lowest BCUT2D eigenvalue weighted by atomic mass is 10.2. The van der Waals surface area contributed by atoms with Crippen molar-refractivity contribution in [3.05, 3.63) is 63.4 Å². The van der Waals surface area contributed by atoms with E-state index in [-0.39, 0.29) is 22.9 Å². The van der Waals surface area contributed by atoms with E-state index in [0.717, 1.165) is 0 Å². The van der Waals surface area contributed by atoms with Gasteiger partial charge in [-0.05, 0) is 35.9 Å². The first-order valence-electron chi connectivity index (χ1n) is 5.57. The van der Waals surface area contributed by atoms with E-state index in [1.807, 2.05) is 0 Å². The van der Waals surface area contributed by atoms with Crippen molar-refractivity contribution in [2.75, 3.05) is 0 Å². The fourth-order valence-electron chi connectivity index (χ4n) is 1.58. The van der Waals surface area contributed by atoms with Crippen molar-refractivity contribution in [1.29, 1.82) is 0 Å². The Kier molecular flexibility index (Phi) is 4.47. The van der Waals surface area contributed by atoms with Crippen LogP contribution in [0.15, 0.2) is 36.4 Å². The maximum absolute atomic E-state index is 13.0. The quantitative estimate of drug-likeness (QED) is 0.909. The van der Waals surface area contributed by atoms with Gasteiger partial charge in [0.1, 0.15) is 23.7 Å². The number of carbonyl (C=O) groups is 1. The van der Waals surface area contributed by atoms with Gasteiger partial charge in [-0.1, -0.05) is 29.3 Å². The molecular formula is C14H9Cl2FO3. The Labute approximate surface area is 124 Å². The molecule has 1 N–H and O–H groups in total. The first-order valence-corrected chi connectivity index (χ1v) is 6.32. The van der Waals surface area contributed by atoms with Crippen LogP contribution in [0.2, 0.25) is 10.0 Å². The fourth-order valence-corrected chi connectivity index (χ4v) is 1.95. The summed E-state index contributed by atoms with van der Waals surface area (Å²) >= 11 is 11.5. The van der Waals surface area contributed by atoms with Crippen molar-refractivity contribution < 1.29 is 19.0 Å². The molecule has 0 aliphatic carbocycles. The van der Waals surface area contributed by atoms with Crippen molar-refractivity contribution in [2.45, 2.75) is 6.61 Å². The normalized spacial score (nSPS) is 10.3. The van der Waals surface area contributed by atoms with E-state index in [0.29, 0.717) is 10.6 Å². The highest BCUT2D eigenvalue weighted by Gasteiger charge is 2.12. The maximum atomic E-state index is 13.0. The Morgan fingerprint density at radius 2 is 1.95 bits per heavy atom. The highest BCUT2D eigenvalue weighted by atomic mass is 35.5. The van der Waals surface area contributed by atoms with E-state index in [4.69, 9.17) is 33.0 Å². The molecule has 0 fully saturated rings. The van der Waals surface area contributed by atoms with Gasteiger partial charge in [-0.15, -0.1) is 0 Å². The van der Waals surface area contributed by atoms with Crippen LogP contribution in [0.25, 0.3) is 0 Å². The smallest absolute Gasteiger partial charge is 0.339 e. The van der Waals surface area contributed by atoms with Gasteiger partial charge in [-0.2, -0.15) is 0 Å². The lowest BCUT2D eigenvalue weighted by Crippen LogP contribution is -2.03. The molecule has 0 aromatic heterocycles. The molecule has 0 aliphatic rings. The summed E-state index contributed by atoms with van der Waals surface area (Å²) in [5, 5.41) is 9.39. The van der Waals surface area contributed by atoms with E-state index in [9.17, 15) is 9.18 Å². The third-order valence-corrected chi connectivity index (χ3v) is 3.08. The van der Waals surface area contributed by atoms with Gasteiger partial charge >= 0.3 is 5.97 Å². The average Bonchev–Trinajstić information content (AvgIpc) is 2.40. The fraction of sp³-hybridized carbons (Fsp3) is 0.0714. The molecule has 104 valence electrons. The number of benzene rings is 2. The van der Waals surface area contributed by atoms with Gasteiger partial charge < -0.3 is 9.84 Å². The van der Waals surface area contributed by atoms with Crippen molar-refractivity contribution in [1.82, 2.24) is 0 Å². The number of hydrogen-bond donors (Lipinski definition) is 1. The van der Waals surface area contributed by atoms with E-state index in [1.165, 1.54) is 36.4 Å². The standard InChI is InChI=1S/C14H9Cl2FO3/c15-9-2-3-10(14(18)19)13(6-9)20-7-8-1-4-12(17)11(16)5-8/h1-6H,7H2,(H,18,19). The monoisotopic (exact) mass is 314 g/mol. The number of carboxylic acids is 1. The SMILES string of the molecule is O=C(O)c1ccc(Cl)cc1OCc1ccc(F)c(Cl)c1. The Morgan fingerprint density at radius 3 is 2.60 bits per heavy atom. The van der Waals surface area contributed by atoms with E-state index in [1.54, 1.807) is 0 Å². The van der Waals surface area contributed by atoms with Crippen molar-refractivity contribution in [2.24, 2.45) is 0 Å². The second-order valence-electron chi connectivity index (χ2n) is 3.98. The molecule has 0 saturated heterocycles. The molecule has 0 heterocycles. The molecule has 0 spiro atoms. The van der Waals surface area contributed by atoms with Crippen LogP contribution in [-0.2, 0) is 6.61 Å². The largest absolute Gasteiger partial charge is 0.488 e. The number of aromatic carboxylic acids is 1. The molecule has 0 atom stereocenters. The molecule has 0 saturated carbocycles. The maximum Gasteiger partial charge on any atom is 0.339 e. The van der Waals surface area contributed by atoms with Crippen LogP contribution in [0, 0.1) is 5.82 Å². The van der Waals surface area contributed by atoms with Crippen LogP contribution in [0.1, 0.15) is 15.9 Å². The zero-order chi connectivity index (χ0) is 14.7. The lowest BCUT2D eigenvalue weighted by molar-refractivity contribution is 0.0692. The highest BCUT2D eigenvalue weighted by Crippen LogP contribution is 2.25. The molecule has 20 heavy (non-hydrogen) atoms. The molecule has 3 nitrogen and oxygen atoms in total. The predicted molar refractivity (Wildman–Crippen MR) is 74.2 cm³/mol. The van der Waals surface area contributed by atoms with Gasteiger partial charge in [0.2, 0.25) is 0 Å². The van der Waals surface area contributed by atoms with Crippen LogP contribution in [-0.4, -0.2) is 11.1 Å². The number of carboxylic acid groups (broad SMARTS) is 1. The summed E-state index contributed by atoms with van der Waals surface area (Å²) in [4.78, 5) is 11.0. The zero-order valence-corrected chi connectivity index (χ0v) is 11.6. The summed E-state index contributed by atoms with van der Waals surface area (Å²) in [7, 11) is 0. The van der Waals surface area contributed by atoms with E-state index >= 15 is 0 Å². The van der Waals surface area contributed by atoms with Gasteiger partial charge in [-0.25, -0.2) is 9.18 Å². The molecule has 0 bridgehead atoms. The summed E-state index contributed by atoms with van der Waals surface area (Å²) in [5.41, 5.74) is 0.621. The van der Waals surface area contributed by atoms with Crippen LogP contribution in [0.3, 0.4) is 0 Å². The van der Waals surface area contributed by atoms with Gasteiger partial charge in [0, 0.05) is 5.02 Å². The number of halogens is 3. The summed E-state index contributed by atoms with van der Waals surface area (Å²) in [6.07, 6.45) is 0.